The Kier molecular flexibility index (Phi) is 5.89. The molecule has 1 aromatic carbocycles. The van der Waals surface area contributed by atoms with Gasteiger partial charge in [0.15, 0.2) is 6.79 Å². The smallest absolute Gasteiger partial charge is 0.189 e. The highest BCUT2D eigenvalue weighted by Gasteiger charge is 2.34. The van der Waals surface area contributed by atoms with Crippen molar-refractivity contribution in [3.63, 3.8) is 0 Å². The molecule has 0 aliphatic carbocycles. The minimum absolute atomic E-state index is 0.0234. The Morgan fingerprint density at radius 1 is 1.13 bits per heavy atom. The van der Waals surface area contributed by atoms with Gasteiger partial charge in [0.05, 0.1) is 19.8 Å². The van der Waals surface area contributed by atoms with Gasteiger partial charge in [-0.15, -0.1) is 0 Å². The molecule has 1 N–H and O–H groups in total. The van der Waals surface area contributed by atoms with Crippen molar-refractivity contribution in [3.05, 3.63) is 22.3 Å². The van der Waals surface area contributed by atoms with Crippen LogP contribution in [0.25, 0.3) is 0 Å². The molecule has 1 heterocycles. The fourth-order valence-electron chi connectivity index (χ4n) is 2.91. The summed E-state index contributed by atoms with van der Waals surface area (Å²) < 4.78 is 22.3. The standard InChI is InChI=1S/C18H28O5/c1-12-13(2)17-15(6-7-18(4,10-19)23-17)14(3)16(12)22-11-21-9-8-20-5/h19H,6-11H2,1-5H3. The van der Waals surface area contributed by atoms with E-state index in [0.29, 0.717) is 13.2 Å². The SMILES string of the molecule is COCCOCOc1c(C)c(C)c2c(c1C)CCC(C)(CO)O2. The highest BCUT2D eigenvalue weighted by Crippen LogP contribution is 2.43. The molecule has 5 nitrogen and oxygen atoms in total. The highest BCUT2D eigenvalue weighted by molar-refractivity contribution is 5.59. The van der Waals surface area contributed by atoms with Gasteiger partial charge in [-0.25, -0.2) is 0 Å². The number of hydrogen-bond donors (Lipinski definition) is 1. The van der Waals surface area contributed by atoms with Crippen molar-refractivity contribution < 1.29 is 24.1 Å². The molecule has 0 aromatic heterocycles. The first-order chi connectivity index (χ1) is 10.9. The Morgan fingerprint density at radius 2 is 1.87 bits per heavy atom. The zero-order chi connectivity index (χ0) is 17.0. The van der Waals surface area contributed by atoms with E-state index >= 15 is 0 Å². The first-order valence-corrected chi connectivity index (χ1v) is 8.05. The van der Waals surface area contributed by atoms with E-state index in [9.17, 15) is 5.11 Å². The predicted octanol–water partition coefficient (Wildman–Crippen LogP) is 2.69. The van der Waals surface area contributed by atoms with Crippen LogP contribution in [-0.4, -0.2) is 44.4 Å². The second kappa shape index (κ2) is 7.51. The second-order valence-electron chi connectivity index (χ2n) is 6.39. The average Bonchev–Trinajstić information content (AvgIpc) is 2.55. The summed E-state index contributed by atoms with van der Waals surface area (Å²) in [4.78, 5) is 0. The van der Waals surface area contributed by atoms with Gasteiger partial charge in [0.1, 0.15) is 17.1 Å². The van der Waals surface area contributed by atoms with Crippen LogP contribution in [0.2, 0.25) is 0 Å². The fraction of sp³-hybridized carbons (Fsp3) is 0.667. The lowest BCUT2D eigenvalue weighted by Crippen LogP contribution is -2.40. The van der Waals surface area contributed by atoms with Gasteiger partial charge in [-0.2, -0.15) is 0 Å². The van der Waals surface area contributed by atoms with Gasteiger partial charge >= 0.3 is 0 Å². The number of aliphatic hydroxyl groups is 1. The van der Waals surface area contributed by atoms with E-state index < -0.39 is 5.60 Å². The summed E-state index contributed by atoms with van der Waals surface area (Å²) in [5.41, 5.74) is 3.89. The molecule has 130 valence electrons. The van der Waals surface area contributed by atoms with Crippen LogP contribution in [0.3, 0.4) is 0 Å². The number of ether oxygens (including phenoxy) is 4. The van der Waals surface area contributed by atoms with E-state index in [1.54, 1.807) is 7.11 Å². The molecule has 1 aromatic rings. The molecule has 5 heteroatoms. The van der Waals surface area contributed by atoms with Crippen LogP contribution in [-0.2, 0) is 15.9 Å². The summed E-state index contributed by atoms with van der Waals surface area (Å²) in [5.74, 6) is 1.77. The summed E-state index contributed by atoms with van der Waals surface area (Å²) in [6.45, 7) is 9.37. The van der Waals surface area contributed by atoms with Crippen molar-refractivity contribution in [1.29, 1.82) is 0 Å². The van der Waals surface area contributed by atoms with Gasteiger partial charge < -0.3 is 24.1 Å². The van der Waals surface area contributed by atoms with Gasteiger partial charge in [-0.3, -0.25) is 0 Å². The number of rotatable bonds is 7. The lowest BCUT2D eigenvalue weighted by Gasteiger charge is -2.37. The molecule has 0 fully saturated rings. The minimum Gasteiger partial charge on any atom is -0.485 e. The lowest BCUT2D eigenvalue weighted by molar-refractivity contribution is -0.00988. The van der Waals surface area contributed by atoms with E-state index in [1.165, 1.54) is 5.56 Å². The molecule has 0 amide bonds. The molecule has 0 radical (unpaired) electrons. The quantitative estimate of drug-likeness (QED) is 0.617. The monoisotopic (exact) mass is 324 g/mol. The van der Waals surface area contributed by atoms with E-state index in [1.807, 2.05) is 20.8 Å². The zero-order valence-electron chi connectivity index (χ0n) is 14.8. The van der Waals surface area contributed by atoms with Crippen molar-refractivity contribution in [3.8, 4) is 11.5 Å². The molecule has 1 atom stereocenters. The van der Waals surface area contributed by atoms with Crippen LogP contribution < -0.4 is 9.47 Å². The van der Waals surface area contributed by atoms with Crippen molar-refractivity contribution in [2.45, 2.75) is 46.1 Å². The van der Waals surface area contributed by atoms with Crippen molar-refractivity contribution in [2.75, 3.05) is 33.7 Å². The summed E-state index contributed by atoms with van der Waals surface area (Å²) in [7, 11) is 1.64. The summed E-state index contributed by atoms with van der Waals surface area (Å²) >= 11 is 0. The van der Waals surface area contributed by atoms with E-state index in [4.69, 9.17) is 18.9 Å². The summed E-state index contributed by atoms with van der Waals surface area (Å²) in [6.07, 6.45) is 1.67. The third-order valence-electron chi connectivity index (χ3n) is 4.62. The average molecular weight is 324 g/mol. The minimum atomic E-state index is -0.498. The molecule has 1 aliphatic heterocycles. The third-order valence-corrected chi connectivity index (χ3v) is 4.62. The predicted molar refractivity (Wildman–Crippen MR) is 88.4 cm³/mol. The number of fused-ring (bicyclic) bond motifs is 1. The Morgan fingerprint density at radius 3 is 2.52 bits per heavy atom. The van der Waals surface area contributed by atoms with Crippen LogP contribution in [0.4, 0.5) is 0 Å². The van der Waals surface area contributed by atoms with Crippen LogP contribution >= 0.6 is 0 Å². The molecule has 1 aliphatic rings. The largest absolute Gasteiger partial charge is 0.485 e. The molecule has 0 spiro atoms. The van der Waals surface area contributed by atoms with Crippen molar-refractivity contribution >= 4 is 0 Å². The van der Waals surface area contributed by atoms with Gasteiger partial charge in [0.25, 0.3) is 0 Å². The van der Waals surface area contributed by atoms with Crippen LogP contribution in [0, 0.1) is 20.8 Å². The maximum absolute atomic E-state index is 9.57. The number of aliphatic hydroxyl groups excluding tert-OH is 1. The molecule has 0 saturated carbocycles. The van der Waals surface area contributed by atoms with E-state index in [2.05, 4.69) is 6.92 Å². The molecule has 1 unspecified atom stereocenters. The zero-order valence-corrected chi connectivity index (χ0v) is 14.8. The van der Waals surface area contributed by atoms with Gasteiger partial charge in [-0.05, 0) is 57.2 Å². The maximum atomic E-state index is 9.57. The van der Waals surface area contributed by atoms with Crippen molar-refractivity contribution in [2.24, 2.45) is 0 Å². The lowest BCUT2D eigenvalue weighted by atomic mass is 9.87. The molecular weight excluding hydrogens is 296 g/mol. The second-order valence-corrected chi connectivity index (χ2v) is 6.39. The summed E-state index contributed by atoms with van der Waals surface area (Å²) in [6, 6.07) is 0. The number of hydrogen-bond acceptors (Lipinski definition) is 5. The Labute approximate surface area is 138 Å². The van der Waals surface area contributed by atoms with Crippen molar-refractivity contribution in [1.82, 2.24) is 0 Å². The van der Waals surface area contributed by atoms with Crippen LogP contribution in [0.1, 0.15) is 35.6 Å². The van der Waals surface area contributed by atoms with Crippen LogP contribution in [0.5, 0.6) is 11.5 Å². The molecule has 0 saturated heterocycles. The maximum Gasteiger partial charge on any atom is 0.189 e. The third kappa shape index (κ3) is 3.79. The topological polar surface area (TPSA) is 57.2 Å². The van der Waals surface area contributed by atoms with Crippen LogP contribution in [0.15, 0.2) is 0 Å². The normalized spacial score (nSPS) is 20.1. The first-order valence-electron chi connectivity index (χ1n) is 8.05. The van der Waals surface area contributed by atoms with E-state index in [-0.39, 0.29) is 13.4 Å². The molecule has 0 bridgehead atoms. The van der Waals surface area contributed by atoms with Gasteiger partial charge in [0.2, 0.25) is 0 Å². The van der Waals surface area contributed by atoms with Gasteiger partial charge in [0, 0.05) is 12.7 Å². The Hall–Kier alpha value is -1.30. The Balaban J connectivity index is 2.22. The summed E-state index contributed by atoms with van der Waals surface area (Å²) in [5, 5.41) is 9.57. The number of benzene rings is 1. The molecule has 2 rings (SSSR count). The number of methoxy groups -OCH3 is 1. The van der Waals surface area contributed by atoms with E-state index in [0.717, 1.165) is 41.0 Å². The first kappa shape index (κ1) is 18.0. The fourth-order valence-corrected chi connectivity index (χ4v) is 2.91. The highest BCUT2D eigenvalue weighted by atomic mass is 16.7. The Bertz CT molecular complexity index is 555. The molecule has 23 heavy (non-hydrogen) atoms. The van der Waals surface area contributed by atoms with Gasteiger partial charge in [-0.1, -0.05) is 0 Å². The molecular formula is C18H28O5.